The van der Waals surface area contributed by atoms with Crippen LogP contribution in [-0.2, 0) is 14.6 Å². The molecule has 0 bridgehead atoms. The first-order valence-corrected chi connectivity index (χ1v) is 8.78. The monoisotopic (exact) mass is 325 g/mol. The number of hydrogen-bond donors (Lipinski definition) is 1. The number of carbonyl (C=O) groups excluding carboxylic acids is 1. The van der Waals surface area contributed by atoms with Gasteiger partial charge in [-0.3, -0.25) is 4.79 Å². The molecule has 1 amide bonds. The molecule has 0 aromatic carbocycles. The molecule has 1 N–H and O–H groups in total. The molecule has 1 aliphatic carbocycles. The molecule has 0 heterocycles. The molecule has 3 atom stereocenters. The van der Waals surface area contributed by atoms with Crippen LogP contribution in [0.15, 0.2) is 0 Å². The van der Waals surface area contributed by atoms with Crippen molar-refractivity contribution < 1.29 is 13.2 Å². The van der Waals surface area contributed by atoms with Gasteiger partial charge in [-0.25, -0.2) is 8.42 Å². The molecular formula is C11H20BrNO3S. The van der Waals surface area contributed by atoms with E-state index in [1.54, 1.807) is 0 Å². The summed E-state index contributed by atoms with van der Waals surface area (Å²) in [7, 11) is -3.29. The highest BCUT2D eigenvalue weighted by atomic mass is 79.9. The van der Waals surface area contributed by atoms with E-state index in [4.69, 9.17) is 0 Å². The SMILES string of the molecule is CC(C(=O)NCC1CCCC(Br)C1)S(C)(=O)=O. The Kier molecular flexibility index (Phi) is 5.44. The normalized spacial score (nSPS) is 27.5. The fourth-order valence-electron chi connectivity index (χ4n) is 1.99. The summed E-state index contributed by atoms with van der Waals surface area (Å²) in [4.78, 5) is 12.1. The maximum absolute atomic E-state index is 11.6. The molecule has 100 valence electrons. The third-order valence-corrected chi connectivity index (χ3v) is 5.63. The zero-order valence-electron chi connectivity index (χ0n) is 10.3. The Morgan fingerprint density at radius 2 is 2.12 bits per heavy atom. The second-order valence-electron chi connectivity index (χ2n) is 4.85. The Balaban J connectivity index is 2.38. The second kappa shape index (κ2) is 6.18. The second-order valence-corrected chi connectivity index (χ2v) is 8.51. The van der Waals surface area contributed by atoms with Crippen LogP contribution in [0, 0.1) is 5.92 Å². The van der Waals surface area contributed by atoms with Crippen molar-refractivity contribution in [1.82, 2.24) is 5.32 Å². The number of sulfone groups is 1. The molecule has 1 saturated carbocycles. The molecule has 0 saturated heterocycles. The quantitative estimate of drug-likeness (QED) is 0.796. The maximum Gasteiger partial charge on any atom is 0.238 e. The van der Waals surface area contributed by atoms with E-state index in [1.807, 2.05) is 0 Å². The zero-order chi connectivity index (χ0) is 13.1. The van der Waals surface area contributed by atoms with E-state index in [0.717, 1.165) is 25.5 Å². The minimum atomic E-state index is -3.29. The van der Waals surface area contributed by atoms with Crippen LogP contribution in [0.4, 0.5) is 0 Å². The van der Waals surface area contributed by atoms with Crippen LogP contribution in [-0.4, -0.2) is 37.2 Å². The predicted octanol–water partition coefficient (Wildman–Crippen LogP) is 1.49. The van der Waals surface area contributed by atoms with Gasteiger partial charge in [-0.05, 0) is 32.1 Å². The number of rotatable bonds is 4. The molecule has 0 spiro atoms. The van der Waals surface area contributed by atoms with Gasteiger partial charge >= 0.3 is 0 Å². The molecule has 0 aromatic rings. The molecule has 1 aliphatic rings. The average Bonchev–Trinajstić information content (AvgIpc) is 2.23. The summed E-state index contributed by atoms with van der Waals surface area (Å²) in [6.45, 7) is 2.01. The Morgan fingerprint density at radius 1 is 1.47 bits per heavy atom. The van der Waals surface area contributed by atoms with Gasteiger partial charge in [-0.1, -0.05) is 22.4 Å². The fourth-order valence-corrected chi connectivity index (χ4v) is 3.32. The van der Waals surface area contributed by atoms with Crippen LogP contribution < -0.4 is 5.32 Å². The number of amides is 1. The van der Waals surface area contributed by atoms with Crippen LogP contribution in [0.3, 0.4) is 0 Å². The lowest BCUT2D eigenvalue weighted by Crippen LogP contribution is -2.40. The molecule has 0 radical (unpaired) electrons. The van der Waals surface area contributed by atoms with E-state index in [-0.39, 0.29) is 5.91 Å². The number of alkyl halides is 1. The molecule has 0 aromatic heterocycles. The van der Waals surface area contributed by atoms with Crippen molar-refractivity contribution in [1.29, 1.82) is 0 Å². The van der Waals surface area contributed by atoms with Crippen molar-refractivity contribution in [3.8, 4) is 0 Å². The Morgan fingerprint density at radius 3 is 2.65 bits per heavy atom. The zero-order valence-corrected chi connectivity index (χ0v) is 12.7. The third kappa shape index (κ3) is 4.95. The summed E-state index contributed by atoms with van der Waals surface area (Å²) < 4.78 is 22.4. The molecule has 6 heteroatoms. The predicted molar refractivity (Wildman–Crippen MR) is 72.0 cm³/mol. The van der Waals surface area contributed by atoms with Gasteiger partial charge in [0.1, 0.15) is 5.25 Å². The van der Waals surface area contributed by atoms with E-state index in [0.29, 0.717) is 17.3 Å². The van der Waals surface area contributed by atoms with Gasteiger partial charge in [0.05, 0.1) is 0 Å². The summed E-state index contributed by atoms with van der Waals surface area (Å²) in [6.07, 6.45) is 5.60. The lowest BCUT2D eigenvalue weighted by molar-refractivity contribution is -0.120. The first kappa shape index (κ1) is 15.0. The Hall–Kier alpha value is -0.100. The van der Waals surface area contributed by atoms with Gasteiger partial charge in [0.15, 0.2) is 9.84 Å². The molecule has 1 rings (SSSR count). The topological polar surface area (TPSA) is 63.2 Å². The summed E-state index contributed by atoms with van der Waals surface area (Å²) in [6, 6.07) is 0. The van der Waals surface area contributed by atoms with Crippen molar-refractivity contribution in [3.05, 3.63) is 0 Å². The van der Waals surface area contributed by atoms with Crippen LogP contribution in [0.2, 0.25) is 0 Å². The maximum atomic E-state index is 11.6. The standard InChI is InChI=1S/C11H20BrNO3S/c1-8(17(2,15)16)11(14)13-7-9-4-3-5-10(12)6-9/h8-10H,3-7H2,1-2H3,(H,13,14). The van der Waals surface area contributed by atoms with E-state index >= 15 is 0 Å². The first-order chi connectivity index (χ1) is 7.80. The van der Waals surface area contributed by atoms with E-state index < -0.39 is 15.1 Å². The minimum absolute atomic E-state index is 0.385. The highest BCUT2D eigenvalue weighted by Gasteiger charge is 2.25. The van der Waals surface area contributed by atoms with Gasteiger partial charge in [0, 0.05) is 17.6 Å². The summed E-state index contributed by atoms with van der Waals surface area (Å²) in [5, 5.41) is 1.79. The van der Waals surface area contributed by atoms with Crippen molar-refractivity contribution in [2.75, 3.05) is 12.8 Å². The highest BCUT2D eigenvalue weighted by molar-refractivity contribution is 9.09. The van der Waals surface area contributed by atoms with Gasteiger partial charge in [0.2, 0.25) is 5.91 Å². The third-order valence-electron chi connectivity index (χ3n) is 3.30. The van der Waals surface area contributed by atoms with Gasteiger partial charge < -0.3 is 5.32 Å². The largest absolute Gasteiger partial charge is 0.355 e. The molecule has 4 nitrogen and oxygen atoms in total. The van der Waals surface area contributed by atoms with Gasteiger partial charge in [-0.15, -0.1) is 0 Å². The molecule has 0 aliphatic heterocycles. The van der Waals surface area contributed by atoms with E-state index in [2.05, 4.69) is 21.2 Å². The molecule has 17 heavy (non-hydrogen) atoms. The molecule has 1 fully saturated rings. The van der Waals surface area contributed by atoms with Crippen LogP contribution in [0.25, 0.3) is 0 Å². The van der Waals surface area contributed by atoms with Crippen LogP contribution in [0.1, 0.15) is 32.6 Å². The number of hydrogen-bond acceptors (Lipinski definition) is 3. The van der Waals surface area contributed by atoms with Crippen LogP contribution >= 0.6 is 15.9 Å². The van der Waals surface area contributed by atoms with Crippen molar-refractivity contribution in [2.24, 2.45) is 5.92 Å². The van der Waals surface area contributed by atoms with Gasteiger partial charge in [-0.2, -0.15) is 0 Å². The Bertz CT molecular complexity index is 369. The number of carbonyl (C=O) groups is 1. The highest BCUT2D eigenvalue weighted by Crippen LogP contribution is 2.28. The van der Waals surface area contributed by atoms with Gasteiger partial charge in [0.25, 0.3) is 0 Å². The van der Waals surface area contributed by atoms with Crippen molar-refractivity contribution in [2.45, 2.75) is 42.7 Å². The first-order valence-electron chi connectivity index (χ1n) is 5.91. The minimum Gasteiger partial charge on any atom is -0.355 e. The summed E-state index contributed by atoms with van der Waals surface area (Å²) in [5.74, 6) is 0.0769. The van der Waals surface area contributed by atoms with E-state index in [1.165, 1.54) is 13.3 Å². The lowest BCUT2D eigenvalue weighted by atomic mass is 9.89. The van der Waals surface area contributed by atoms with E-state index in [9.17, 15) is 13.2 Å². The van der Waals surface area contributed by atoms with Crippen molar-refractivity contribution in [3.63, 3.8) is 0 Å². The fraction of sp³-hybridized carbons (Fsp3) is 0.909. The smallest absolute Gasteiger partial charge is 0.238 e. The summed E-state index contributed by atoms with van der Waals surface area (Å²) in [5.41, 5.74) is 0. The van der Waals surface area contributed by atoms with Crippen molar-refractivity contribution >= 4 is 31.7 Å². The average molecular weight is 326 g/mol. The molecule has 3 unspecified atom stereocenters. The summed E-state index contributed by atoms with van der Waals surface area (Å²) >= 11 is 3.59. The molecular weight excluding hydrogens is 306 g/mol. The number of nitrogens with one attached hydrogen (secondary N) is 1. The lowest BCUT2D eigenvalue weighted by Gasteiger charge is -2.26. The van der Waals surface area contributed by atoms with Crippen LogP contribution in [0.5, 0.6) is 0 Å². The Labute approximate surface area is 112 Å². The number of halogens is 1.